The molecule has 1 heterocycles. The molecular weight excluding hydrogens is 311 g/mol. The molecule has 3 rings (SSSR count). The van der Waals surface area contributed by atoms with Gasteiger partial charge in [-0.15, -0.1) is 0 Å². The average Bonchev–Trinajstić information content (AvgIpc) is 2.94. The van der Waals surface area contributed by atoms with Crippen LogP contribution in [0.5, 0.6) is 5.75 Å². The fraction of sp³-hybridized carbons (Fsp3) is 0.111. The Morgan fingerprint density at radius 2 is 1.96 bits per heavy atom. The van der Waals surface area contributed by atoms with Gasteiger partial charge in [0.1, 0.15) is 11.6 Å². The molecule has 0 saturated heterocycles. The molecule has 1 N–H and O–H groups in total. The first-order valence-corrected chi connectivity index (χ1v) is 7.26. The smallest absolute Gasteiger partial charge is 0.257 e. The van der Waals surface area contributed by atoms with E-state index in [1.807, 2.05) is 0 Å². The van der Waals surface area contributed by atoms with Crippen molar-refractivity contribution in [2.24, 2.45) is 0 Å². The molecule has 0 aliphatic rings. The number of halogens is 1. The first-order valence-electron chi connectivity index (χ1n) is 7.26. The van der Waals surface area contributed by atoms with E-state index in [1.54, 1.807) is 24.3 Å². The summed E-state index contributed by atoms with van der Waals surface area (Å²) >= 11 is 0. The molecule has 1 amide bonds. The maximum absolute atomic E-state index is 13.5. The van der Waals surface area contributed by atoms with E-state index in [-0.39, 0.29) is 11.8 Å². The molecule has 5 nitrogen and oxygen atoms in total. The molecule has 0 aliphatic carbocycles. The summed E-state index contributed by atoms with van der Waals surface area (Å²) in [6, 6.07) is 10.9. The number of carbonyl (C=O) groups excluding carboxylic acids is 2. The van der Waals surface area contributed by atoms with Gasteiger partial charge in [0.25, 0.3) is 5.91 Å². The predicted octanol–water partition coefficient (Wildman–Crippen LogP) is 3.70. The van der Waals surface area contributed by atoms with Crippen LogP contribution in [0.1, 0.15) is 22.1 Å². The second-order valence-corrected chi connectivity index (χ2v) is 5.28. The minimum absolute atomic E-state index is 0.294. The van der Waals surface area contributed by atoms with Gasteiger partial charge >= 0.3 is 0 Å². The topological polar surface area (TPSA) is 60.3 Å². The summed E-state index contributed by atoms with van der Waals surface area (Å²) in [6.45, 7) is 1.36. The average molecular weight is 326 g/mol. The van der Waals surface area contributed by atoms with Gasteiger partial charge in [0.2, 0.25) is 5.91 Å². The van der Waals surface area contributed by atoms with Gasteiger partial charge in [-0.1, -0.05) is 6.07 Å². The second kappa shape index (κ2) is 6.16. The maximum Gasteiger partial charge on any atom is 0.257 e. The van der Waals surface area contributed by atoms with Gasteiger partial charge in [-0.25, -0.2) is 4.39 Å². The first kappa shape index (κ1) is 15.7. The van der Waals surface area contributed by atoms with Crippen LogP contribution in [0.3, 0.4) is 0 Å². The standard InChI is InChI=1S/C18H15FN2O3/c1-11(22)21-10-16(15-7-6-12(19)8-17(15)21)18(23)20-13-4-3-5-14(9-13)24-2/h3-10H,1-2H3,(H,20,23). The Labute approximate surface area is 137 Å². The van der Waals surface area contributed by atoms with Gasteiger partial charge < -0.3 is 10.1 Å². The monoisotopic (exact) mass is 326 g/mol. The van der Waals surface area contributed by atoms with E-state index < -0.39 is 5.82 Å². The van der Waals surface area contributed by atoms with Gasteiger partial charge in [0, 0.05) is 30.3 Å². The van der Waals surface area contributed by atoms with Crippen molar-refractivity contribution < 1.29 is 18.7 Å². The number of hydrogen-bond donors (Lipinski definition) is 1. The van der Waals surface area contributed by atoms with Crippen molar-refractivity contribution in [2.75, 3.05) is 12.4 Å². The molecule has 0 bridgehead atoms. The highest BCUT2D eigenvalue weighted by atomic mass is 19.1. The van der Waals surface area contributed by atoms with Crippen LogP contribution in [0.25, 0.3) is 10.9 Å². The highest BCUT2D eigenvalue weighted by Gasteiger charge is 2.17. The molecule has 2 aromatic carbocycles. The number of carbonyl (C=O) groups is 2. The van der Waals surface area contributed by atoms with Gasteiger partial charge in [-0.05, 0) is 30.3 Å². The normalized spacial score (nSPS) is 10.6. The van der Waals surface area contributed by atoms with E-state index >= 15 is 0 Å². The zero-order valence-corrected chi connectivity index (χ0v) is 13.2. The van der Waals surface area contributed by atoms with E-state index in [0.29, 0.717) is 27.9 Å². The van der Waals surface area contributed by atoms with Gasteiger partial charge in [0.05, 0.1) is 18.2 Å². The molecule has 24 heavy (non-hydrogen) atoms. The van der Waals surface area contributed by atoms with Crippen molar-refractivity contribution in [3.05, 3.63) is 60.0 Å². The highest BCUT2D eigenvalue weighted by Crippen LogP contribution is 2.24. The number of anilines is 1. The lowest BCUT2D eigenvalue weighted by atomic mass is 10.1. The Bertz CT molecular complexity index is 947. The Hall–Kier alpha value is -3.15. The third-order valence-electron chi connectivity index (χ3n) is 3.68. The number of rotatable bonds is 3. The molecule has 122 valence electrons. The number of ether oxygens (including phenoxy) is 1. The summed E-state index contributed by atoms with van der Waals surface area (Å²) in [4.78, 5) is 24.3. The lowest BCUT2D eigenvalue weighted by Gasteiger charge is -2.06. The van der Waals surface area contributed by atoms with Gasteiger partial charge in [0.15, 0.2) is 0 Å². The van der Waals surface area contributed by atoms with Crippen LogP contribution in [0.4, 0.5) is 10.1 Å². The minimum atomic E-state index is -0.470. The molecule has 0 fully saturated rings. The van der Waals surface area contributed by atoms with Crippen LogP contribution in [0.2, 0.25) is 0 Å². The number of nitrogens with zero attached hydrogens (tertiary/aromatic N) is 1. The van der Waals surface area contributed by atoms with Crippen LogP contribution >= 0.6 is 0 Å². The SMILES string of the molecule is COc1cccc(NC(=O)c2cn(C(C)=O)c3cc(F)ccc23)c1. The number of amides is 1. The van der Waals surface area contributed by atoms with Crippen LogP contribution in [0.15, 0.2) is 48.7 Å². The molecule has 0 spiro atoms. The molecule has 0 atom stereocenters. The number of hydrogen-bond acceptors (Lipinski definition) is 3. The zero-order chi connectivity index (χ0) is 17.3. The van der Waals surface area contributed by atoms with Crippen molar-refractivity contribution in [2.45, 2.75) is 6.92 Å². The minimum Gasteiger partial charge on any atom is -0.497 e. The Kier molecular flexibility index (Phi) is 4.04. The molecule has 0 saturated carbocycles. The zero-order valence-electron chi connectivity index (χ0n) is 13.2. The van der Waals surface area contributed by atoms with Crippen molar-refractivity contribution >= 4 is 28.4 Å². The highest BCUT2D eigenvalue weighted by molar-refractivity contribution is 6.14. The van der Waals surface area contributed by atoms with Crippen molar-refractivity contribution in [3.8, 4) is 5.75 Å². The summed E-state index contributed by atoms with van der Waals surface area (Å²) in [5.41, 5.74) is 1.21. The number of nitrogens with one attached hydrogen (secondary N) is 1. The molecule has 0 unspecified atom stereocenters. The Morgan fingerprint density at radius 3 is 2.67 bits per heavy atom. The summed E-state index contributed by atoms with van der Waals surface area (Å²) < 4.78 is 19.9. The molecular formula is C18H15FN2O3. The summed E-state index contributed by atoms with van der Waals surface area (Å²) in [6.07, 6.45) is 1.42. The Morgan fingerprint density at radius 1 is 1.17 bits per heavy atom. The van der Waals surface area contributed by atoms with E-state index in [9.17, 15) is 14.0 Å². The fourth-order valence-electron chi connectivity index (χ4n) is 2.54. The van der Waals surface area contributed by atoms with Crippen LogP contribution in [-0.2, 0) is 0 Å². The Balaban J connectivity index is 2.02. The molecule has 1 aromatic heterocycles. The second-order valence-electron chi connectivity index (χ2n) is 5.28. The number of fused-ring (bicyclic) bond motifs is 1. The van der Waals surface area contributed by atoms with E-state index in [4.69, 9.17) is 4.74 Å². The van der Waals surface area contributed by atoms with Crippen molar-refractivity contribution in [1.29, 1.82) is 0 Å². The van der Waals surface area contributed by atoms with Crippen LogP contribution < -0.4 is 10.1 Å². The van der Waals surface area contributed by atoms with Gasteiger partial charge in [-0.3, -0.25) is 14.2 Å². The first-order chi connectivity index (χ1) is 11.5. The summed E-state index contributed by atoms with van der Waals surface area (Å²) in [5.74, 6) is -0.546. The molecule has 3 aromatic rings. The summed E-state index contributed by atoms with van der Waals surface area (Å²) in [7, 11) is 1.54. The molecule has 0 radical (unpaired) electrons. The van der Waals surface area contributed by atoms with Crippen molar-refractivity contribution in [3.63, 3.8) is 0 Å². The van der Waals surface area contributed by atoms with Gasteiger partial charge in [-0.2, -0.15) is 0 Å². The molecule has 0 aliphatic heterocycles. The van der Waals surface area contributed by atoms with E-state index in [2.05, 4.69) is 5.32 Å². The van der Waals surface area contributed by atoms with Crippen molar-refractivity contribution in [1.82, 2.24) is 4.57 Å². The third kappa shape index (κ3) is 2.86. The summed E-state index contributed by atoms with van der Waals surface area (Å²) in [5, 5.41) is 3.26. The maximum atomic E-state index is 13.5. The van der Waals surface area contributed by atoms with Crippen LogP contribution in [0, 0.1) is 5.82 Å². The fourth-order valence-corrected chi connectivity index (χ4v) is 2.54. The lowest BCUT2D eigenvalue weighted by Crippen LogP contribution is -2.12. The number of aromatic nitrogens is 1. The predicted molar refractivity (Wildman–Crippen MR) is 89.1 cm³/mol. The number of benzene rings is 2. The van der Waals surface area contributed by atoms with E-state index in [0.717, 1.165) is 0 Å². The van der Waals surface area contributed by atoms with Crippen LogP contribution in [-0.4, -0.2) is 23.5 Å². The lowest BCUT2D eigenvalue weighted by molar-refractivity contribution is 0.0941. The van der Waals surface area contributed by atoms with E-state index in [1.165, 1.54) is 43.0 Å². The molecule has 6 heteroatoms. The number of methoxy groups -OCH3 is 1. The quantitative estimate of drug-likeness (QED) is 0.798. The largest absolute Gasteiger partial charge is 0.497 e. The third-order valence-corrected chi connectivity index (χ3v) is 3.68.